The van der Waals surface area contributed by atoms with Gasteiger partial charge in [-0.15, -0.1) is 11.3 Å². The highest BCUT2D eigenvalue weighted by Gasteiger charge is 2.09. The molecule has 0 radical (unpaired) electrons. The summed E-state index contributed by atoms with van der Waals surface area (Å²) in [5, 5.41) is 10.8. The van der Waals surface area contributed by atoms with E-state index < -0.39 is 4.92 Å². The molecule has 0 saturated heterocycles. The Bertz CT molecular complexity index is 1200. The van der Waals surface area contributed by atoms with Crippen LogP contribution < -0.4 is 0 Å². The minimum absolute atomic E-state index is 0.0437. The minimum atomic E-state index is -0.425. The largest absolute Gasteiger partial charge is 0.317 e. The summed E-state index contributed by atoms with van der Waals surface area (Å²) in [5.41, 5.74) is 2.87. The molecule has 0 saturated carbocycles. The highest BCUT2D eigenvalue weighted by Crippen LogP contribution is 2.22. The molecule has 0 N–H and O–H groups in total. The van der Waals surface area contributed by atoms with Crippen LogP contribution in [0.15, 0.2) is 91.1 Å². The summed E-state index contributed by atoms with van der Waals surface area (Å²) in [6.45, 7) is 0. The van der Waals surface area contributed by atoms with E-state index in [-0.39, 0.29) is 11.5 Å². The van der Waals surface area contributed by atoms with E-state index in [0.717, 1.165) is 22.7 Å². The monoisotopic (exact) mass is 414 g/mol. The third-order valence-electron chi connectivity index (χ3n) is 4.65. The lowest BCUT2D eigenvalue weighted by Gasteiger charge is -2.06. The number of nitro groups is 1. The molecule has 0 fully saturated rings. The standard InChI is InChI=1S/C24H18N2O3S/c27-23(24-15-13-22(30-24)17-18-5-2-1-3-6-18)14-12-19-7-4-16-25(19)20-8-10-21(11-9-20)26(28)29/h1-16H,17H2/b14-12+. The molecule has 5 nitrogen and oxygen atoms in total. The third-order valence-corrected chi connectivity index (χ3v) is 5.75. The lowest BCUT2D eigenvalue weighted by molar-refractivity contribution is -0.384. The highest BCUT2D eigenvalue weighted by molar-refractivity contribution is 7.14. The molecule has 0 aliphatic rings. The summed E-state index contributed by atoms with van der Waals surface area (Å²) in [5.74, 6) is -0.0456. The van der Waals surface area contributed by atoms with Crippen LogP contribution in [0.1, 0.15) is 25.8 Å². The van der Waals surface area contributed by atoms with Crippen molar-refractivity contribution in [2.24, 2.45) is 0 Å². The zero-order chi connectivity index (χ0) is 20.9. The second-order valence-electron chi connectivity index (χ2n) is 6.70. The van der Waals surface area contributed by atoms with Crippen molar-refractivity contribution in [1.82, 2.24) is 4.57 Å². The Morgan fingerprint density at radius 2 is 1.73 bits per heavy atom. The van der Waals surface area contributed by atoms with Crippen molar-refractivity contribution in [2.45, 2.75) is 6.42 Å². The van der Waals surface area contributed by atoms with E-state index in [1.165, 1.54) is 29.0 Å². The van der Waals surface area contributed by atoms with Crippen LogP contribution in [0.3, 0.4) is 0 Å². The maximum Gasteiger partial charge on any atom is 0.269 e. The molecule has 0 amide bonds. The van der Waals surface area contributed by atoms with Gasteiger partial charge in [-0.2, -0.15) is 0 Å². The molecule has 4 aromatic rings. The van der Waals surface area contributed by atoms with Gasteiger partial charge in [0.15, 0.2) is 5.78 Å². The van der Waals surface area contributed by atoms with E-state index in [1.807, 2.05) is 53.2 Å². The molecular formula is C24H18N2O3S. The van der Waals surface area contributed by atoms with Crippen LogP contribution >= 0.6 is 11.3 Å². The van der Waals surface area contributed by atoms with Crippen molar-refractivity contribution in [3.8, 4) is 5.69 Å². The first kappa shape index (κ1) is 19.5. The van der Waals surface area contributed by atoms with Gasteiger partial charge in [0.1, 0.15) is 0 Å². The predicted molar refractivity (Wildman–Crippen MR) is 119 cm³/mol. The SMILES string of the molecule is O=C(/C=C/c1cccn1-c1ccc([N+](=O)[O-])cc1)c1ccc(Cc2ccccc2)s1. The van der Waals surface area contributed by atoms with Gasteiger partial charge in [-0.1, -0.05) is 30.3 Å². The molecule has 0 bridgehead atoms. The number of aromatic nitrogens is 1. The fourth-order valence-corrected chi connectivity index (χ4v) is 4.11. The van der Waals surface area contributed by atoms with Crippen LogP contribution in [0.5, 0.6) is 0 Å². The van der Waals surface area contributed by atoms with Crippen LogP contribution in [-0.4, -0.2) is 15.3 Å². The van der Waals surface area contributed by atoms with Gasteiger partial charge in [-0.05, 0) is 54.1 Å². The Hall–Kier alpha value is -3.77. The van der Waals surface area contributed by atoms with Gasteiger partial charge in [-0.25, -0.2) is 0 Å². The first-order valence-corrected chi connectivity index (χ1v) is 10.2. The van der Waals surface area contributed by atoms with Crippen molar-refractivity contribution < 1.29 is 9.72 Å². The average molecular weight is 414 g/mol. The third kappa shape index (κ3) is 4.45. The zero-order valence-corrected chi connectivity index (χ0v) is 16.8. The van der Waals surface area contributed by atoms with E-state index in [1.54, 1.807) is 24.3 Å². The van der Waals surface area contributed by atoms with Crippen LogP contribution in [0.2, 0.25) is 0 Å². The normalized spacial score (nSPS) is 11.1. The van der Waals surface area contributed by atoms with Gasteiger partial charge >= 0.3 is 0 Å². The van der Waals surface area contributed by atoms with Crippen LogP contribution in [-0.2, 0) is 6.42 Å². The Labute approximate surface area is 177 Å². The maximum atomic E-state index is 12.6. The van der Waals surface area contributed by atoms with Gasteiger partial charge in [0, 0.05) is 41.0 Å². The number of nitrogens with zero attached hydrogens (tertiary/aromatic N) is 2. The number of hydrogen-bond donors (Lipinski definition) is 0. The second kappa shape index (κ2) is 8.71. The number of benzene rings is 2. The van der Waals surface area contributed by atoms with E-state index in [4.69, 9.17) is 0 Å². The molecular weight excluding hydrogens is 396 g/mol. The molecule has 4 rings (SSSR count). The number of rotatable bonds is 7. The molecule has 6 heteroatoms. The van der Waals surface area contributed by atoms with Crippen molar-refractivity contribution in [3.63, 3.8) is 0 Å². The Kier molecular flexibility index (Phi) is 5.68. The molecule has 2 aromatic carbocycles. The number of carbonyl (C=O) groups is 1. The topological polar surface area (TPSA) is 65.1 Å². The quantitative estimate of drug-likeness (QED) is 0.163. The van der Waals surface area contributed by atoms with Gasteiger partial charge in [-0.3, -0.25) is 14.9 Å². The molecule has 0 unspecified atom stereocenters. The summed E-state index contributed by atoms with van der Waals surface area (Å²) in [4.78, 5) is 24.9. The molecule has 0 spiro atoms. The van der Waals surface area contributed by atoms with E-state index in [9.17, 15) is 14.9 Å². The molecule has 0 atom stereocenters. The smallest absolute Gasteiger partial charge is 0.269 e. The molecule has 30 heavy (non-hydrogen) atoms. The fourth-order valence-electron chi connectivity index (χ4n) is 3.15. The van der Waals surface area contributed by atoms with Crippen molar-refractivity contribution in [3.05, 3.63) is 122 Å². The molecule has 2 heterocycles. The number of thiophene rings is 1. The molecule has 2 aromatic heterocycles. The van der Waals surface area contributed by atoms with Crippen molar-refractivity contribution in [1.29, 1.82) is 0 Å². The minimum Gasteiger partial charge on any atom is -0.317 e. The van der Waals surface area contributed by atoms with E-state index >= 15 is 0 Å². The van der Waals surface area contributed by atoms with Gasteiger partial charge < -0.3 is 4.57 Å². The van der Waals surface area contributed by atoms with Crippen LogP contribution in [0.25, 0.3) is 11.8 Å². The molecule has 0 aliphatic carbocycles. The Morgan fingerprint density at radius 3 is 2.47 bits per heavy atom. The van der Waals surface area contributed by atoms with E-state index in [0.29, 0.717) is 4.88 Å². The lowest BCUT2D eigenvalue weighted by atomic mass is 10.1. The van der Waals surface area contributed by atoms with Crippen LogP contribution in [0, 0.1) is 10.1 Å². The maximum absolute atomic E-state index is 12.6. The number of allylic oxidation sites excluding steroid dienone is 1. The average Bonchev–Trinajstić information content (AvgIpc) is 3.42. The zero-order valence-electron chi connectivity index (χ0n) is 16.0. The molecule has 148 valence electrons. The number of hydrogen-bond acceptors (Lipinski definition) is 4. The first-order valence-electron chi connectivity index (χ1n) is 9.37. The predicted octanol–water partition coefficient (Wildman–Crippen LogP) is 5.93. The first-order chi connectivity index (χ1) is 14.6. The highest BCUT2D eigenvalue weighted by atomic mass is 32.1. The number of carbonyl (C=O) groups excluding carboxylic acids is 1. The Morgan fingerprint density at radius 1 is 0.967 bits per heavy atom. The number of non-ortho nitro benzene ring substituents is 1. The van der Waals surface area contributed by atoms with Crippen molar-refractivity contribution in [2.75, 3.05) is 0 Å². The number of ketones is 1. The summed E-state index contributed by atoms with van der Waals surface area (Å²) in [7, 11) is 0. The lowest BCUT2D eigenvalue weighted by Crippen LogP contribution is -1.96. The fraction of sp³-hybridized carbons (Fsp3) is 0.0417. The summed E-state index contributed by atoms with van der Waals surface area (Å²) in [6, 6.07) is 24.1. The van der Waals surface area contributed by atoms with Gasteiger partial charge in [0.05, 0.1) is 9.80 Å². The van der Waals surface area contributed by atoms with Gasteiger partial charge in [0.2, 0.25) is 0 Å². The van der Waals surface area contributed by atoms with Crippen LogP contribution in [0.4, 0.5) is 5.69 Å². The molecule has 0 aliphatic heterocycles. The van der Waals surface area contributed by atoms with E-state index in [2.05, 4.69) is 12.1 Å². The van der Waals surface area contributed by atoms with Gasteiger partial charge in [0.25, 0.3) is 5.69 Å². The number of nitro benzene ring substituents is 1. The second-order valence-corrected chi connectivity index (χ2v) is 7.87. The van der Waals surface area contributed by atoms with Crippen molar-refractivity contribution >= 4 is 28.9 Å². The summed E-state index contributed by atoms with van der Waals surface area (Å²) in [6.07, 6.45) is 6.00. The summed E-state index contributed by atoms with van der Waals surface area (Å²) >= 11 is 1.51. The summed E-state index contributed by atoms with van der Waals surface area (Å²) < 4.78 is 1.88. The Balaban J connectivity index is 1.48.